The van der Waals surface area contributed by atoms with Crippen LogP contribution in [0, 0.1) is 0 Å². The summed E-state index contributed by atoms with van der Waals surface area (Å²) in [4.78, 5) is 29.3. The summed E-state index contributed by atoms with van der Waals surface area (Å²) in [5.74, 6) is 0.632. The summed E-state index contributed by atoms with van der Waals surface area (Å²) >= 11 is 0. The molecule has 242 valence electrons. The standard InChI is InChI=1S/C46H27N5O/c52-45-35-18-7-10-20-39(35)47-44-33-16-5-4-14-31(33)36-26-29(23-25-42(36)51(44)45)30-22-24-41-37(27-30)32-15-8-11-21-40(32)50(41)46-48-38-19-9-6-17-34(38)43(49-46)28-12-2-1-3-13-28/h1-27H. The van der Waals surface area contributed by atoms with Crippen molar-refractivity contribution in [2.75, 3.05) is 0 Å². The molecule has 0 atom stereocenters. The Bertz CT molecular complexity index is 3330. The second-order valence-corrected chi connectivity index (χ2v) is 13.2. The first kappa shape index (κ1) is 28.6. The third kappa shape index (κ3) is 4.12. The Labute approximate surface area is 296 Å². The molecular weight excluding hydrogens is 639 g/mol. The summed E-state index contributed by atoms with van der Waals surface area (Å²) in [5.41, 5.74) is 9.19. The van der Waals surface area contributed by atoms with E-state index in [9.17, 15) is 4.79 Å². The molecule has 0 saturated heterocycles. The van der Waals surface area contributed by atoms with Gasteiger partial charge in [-0.2, -0.15) is 0 Å². The number of benzene rings is 7. The van der Waals surface area contributed by atoms with Crippen LogP contribution in [-0.2, 0) is 0 Å². The van der Waals surface area contributed by atoms with Gasteiger partial charge in [0, 0.05) is 32.5 Å². The summed E-state index contributed by atoms with van der Waals surface area (Å²) in [6, 6.07) is 55.7. The van der Waals surface area contributed by atoms with E-state index in [1.54, 1.807) is 4.40 Å². The van der Waals surface area contributed by atoms with Crippen molar-refractivity contribution < 1.29 is 0 Å². The highest BCUT2D eigenvalue weighted by Gasteiger charge is 2.19. The first-order chi connectivity index (χ1) is 25.7. The molecule has 0 aliphatic rings. The van der Waals surface area contributed by atoms with Crippen molar-refractivity contribution in [1.29, 1.82) is 0 Å². The van der Waals surface area contributed by atoms with E-state index in [-0.39, 0.29) is 5.56 Å². The number of aromatic nitrogens is 5. The first-order valence-corrected chi connectivity index (χ1v) is 17.3. The highest BCUT2D eigenvalue weighted by Crippen LogP contribution is 2.37. The maximum Gasteiger partial charge on any atom is 0.266 e. The Morgan fingerprint density at radius 2 is 0.942 bits per heavy atom. The third-order valence-corrected chi connectivity index (χ3v) is 10.3. The number of nitrogens with zero attached hydrogens (tertiary/aromatic N) is 5. The molecule has 0 bridgehead atoms. The van der Waals surface area contributed by atoms with Crippen LogP contribution >= 0.6 is 0 Å². The zero-order valence-corrected chi connectivity index (χ0v) is 27.7. The van der Waals surface area contributed by atoms with Crippen LogP contribution in [0.15, 0.2) is 169 Å². The van der Waals surface area contributed by atoms with Crippen LogP contribution in [0.1, 0.15) is 0 Å². The van der Waals surface area contributed by atoms with Gasteiger partial charge in [-0.15, -0.1) is 0 Å². The number of hydrogen-bond donors (Lipinski definition) is 0. The van der Waals surface area contributed by atoms with Crippen molar-refractivity contribution >= 4 is 70.9 Å². The van der Waals surface area contributed by atoms with Gasteiger partial charge in [0.15, 0.2) is 0 Å². The zero-order chi connectivity index (χ0) is 34.3. The van der Waals surface area contributed by atoms with Gasteiger partial charge in [-0.25, -0.2) is 15.0 Å². The maximum absolute atomic E-state index is 14.0. The van der Waals surface area contributed by atoms with Gasteiger partial charge < -0.3 is 0 Å². The lowest BCUT2D eigenvalue weighted by atomic mass is 9.98. The molecule has 4 aromatic heterocycles. The van der Waals surface area contributed by atoms with Crippen molar-refractivity contribution in [3.8, 4) is 28.3 Å². The Hall–Kier alpha value is -7.18. The average molecular weight is 666 g/mol. The second-order valence-electron chi connectivity index (χ2n) is 13.2. The lowest BCUT2D eigenvalue weighted by Gasteiger charge is -2.14. The summed E-state index contributed by atoms with van der Waals surface area (Å²) in [6.07, 6.45) is 0. The van der Waals surface area contributed by atoms with E-state index < -0.39 is 0 Å². The van der Waals surface area contributed by atoms with Gasteiger partial charge in [0.2, 0.25) is 5.95 Å². The van der Waals surface area contributed by atoms with Crippen LogP contribution in [0.5, 0.6) is 0 Å². The second kappa shape index (κ2) is 10.9. The molecule has 0 unspecified atom stereocenters. The van der Waals surface area contributed by atoms with Crippen LogP contribution in [0.25, 0.3) is 99.3 Å². The Balaban J connectivity index is 1.15. The first-order valence-electron chi connectivity index (χ1n) is 17.3. The molecule has 0 fully saturated rings. The highest BCUT2D eigenvalue weighted by molar-refractivity contribution is 6.14. The molecule has 0 aliphatic heterocycles. The largest absolute Gasteiger partial charge is 0.278 e. The van der Waals surface area contributed by atoms with Crippen molar-refractivity contribution in [1.82, 2.24) is 23.9 Å². The van der Waals surface area contributed by atoms with Gasteiger partial charge in [0.25, 0.3) is 5.56 Å². The van der Waals surface area contributed by atoms with E-state index in [1.807, 2.05) is 66.7 Å². The number of para-hydroxylation sites is 3. The molecule has 6 heteroatoms. The van der Waals surface area contributed by atoms with Crippen LogP contribution in [0.2, 0.25) is 0 Å². The molecule has 6 nitrogen and oxygen atoms in total. The summed E-state index contributed by atoms with van der Waals surface area (Å²) in [6.45, 7) is 0. The van der Waals surface area contributed by atoms with E-state index in [2.05, 4.69) is 102 Å². The molecule has 0 amide bonds. The Morgan fingerprint density at radius 3 is 1.71 bits per heavy atom. The van der Waals surface area contributed by atoms with Gasteiger partial charge in [-0.3, -0.25) is 13.8 Å². The lowest BCUT2D eigenvalue weighted by Crippen LogP contribution is -2.16. The minimum atomic E-state index is -0.0651. The molecule has 11 aromatic rings. The van der Waals surface area contributed by atoms with Gasteiger partial charge >= 0.3 is 0 Å². The predicted molar refractivity (Wildman–Crippen MR) is 212 cm³/mol. The fourth-order valence-electron chi connectivity index (χ4n) is 7.92. The van der Waals surface area contributed by atoms with E-state index in [4.69, 9.17) is 15.0 Å². The number of rotatable bonds is 3. The highest BCUT2D eigenvalue weighted by atomic mass is 16.1. The van der Waals surface area contributed by atoms with Crippen molar-refractivity contribution in [2.45, 2.75) is 0 Å². The third-order valence-electron chi connectivity index (χ3n) is 10.3. The number of pyridine rings is 1. The molecule has 0 spiro atoms. The number of hydrogen-bond acceptors (Lipinski definition) is 4. The molecule has 0 aliphatic carbocycles. The molecule has 0 N–H and O–H groups in total. The number of fused-ring (bicyclic) bond motifs is 11. The van der Waals surface area contributed by atoms with E-state index in [0.717, 1.165) is 76.8 Å². The van der Waals surface area contributed by atoms with Crippen LogP contribution in [0.4, 0.5) is 0 Å². The van der Waals surface area contributed by atoms with Gasteiger partial charge in [-0.05, 0) is 65.0 Å². The molecule has 7 aromatic carbocycles. The minimum absolute atomic E-state index is 0.0651. The van der Waals surface area contributed by atoms with Gasteiger partial charge in [0.05, 0.1) is 38.7 Å². The van der Waals surface area contributed by atoms with Crippen molar-refractivity contribution in [2.24, 2.45) is 0 Å². The predicted octanol–water partition coefficient (Wildman–Crippen LogP) is 10.5. The fourth-order valence-corrected chi connectivity index (χ4v) is 7.92. The van der Waals surface area contributed by atoms with Crippen LogP contribution < -0.4 is 5.56 Å². The maximum atomic E-state index is 14.0. The SMILES string of the molecule is O=c1c2ccccc2nc2c3ccccc3c3cc(-c4ccc5c(c4)c4ccccc4n5-c4nc(-c5ccccc5)c5ccccc5n4)ccc3n12. The Kier molecular flexibility index (Phi) is 6.01. The summed E-state index contributed by atoms with van der Waals surface area (Å²) < 4.78 is 3.95. The van der Waals surface area contributed by atoms with Crippen molar-refractivity contribution in [3.63, 3.8) is 0 Å². The molecule has 0 radical (unpaired) electrons. The van der Waals surface area contributed by atoms with Gasteiger partial charge in [-0.1, -0.05) is 115 Å². The normalized spacial score (nSPS) is 11.9. The average Bonchev–Trinajstić information content (AvgIpc) is 3.54. The van der Waals surface area contributed by atoms with Crippen LogP contribution in [-0.4, -0.2) is 23.9 Å². The molecular formula is C46H27N5O. The monoisotopic (exact) mass is 665 g/mol. The molecule has 0 saturated carbocycles. The molecule has 11 rings (SSSR count). The molecule has 4 heterocycles. The van der Waals surface area contributed by atoms with Crippen molar-refractivity contribution in [3.05, 3.63) is 174 Å². The van der Waals surface area contributed by atoms with E-state index >= 15 is 0 Å². The lowest BCUT2D eigenvalue weighted by molar-refractivity contribution is 1.01. The fraction of sp³-hybridized carbons (Fsp3) is 0. The molecule has 52 heavy (non-hydrogen) atoms. The minimum Gasteiger partial charge on any atom is -0.278 e. The quantitative estimate of drug-likeness (QED) is 0.139. The zero-order valence-electron chi connectivity index (χ0n) is 27.7. The Morgan fingerprint density at radius 1 is 0.385 bits per heavy atom. The van der Waals surface area contributed by atoms with Gasteiger partial charge in [0.1, 0.15) is 5.65 Å². The van der Waals surface area contributed by atoms with E-state index in [1.165, 1.54) is 0 Å². The van der Waals surface area contributed by atoms with Crippen LogP contribution in [0.3, 0.4) is 0 Å². The summed E-state index contributed by atoms with van der Waals surface area (Å²) in [7, 11) is 0. The summed E-state index contributed by atoms with van der Waals surface area (Å²) in [5, 5.41) is 6.86. The topological polar surface area (TPSA) is 65.1 Å². The van der Waals surface area contributed by atoms with E-state index in [0.29, 0.717) is 22.5 Å². The smallest absolute Gasteiger partial charge is 0.266 e.